The van der Waals surface area contributed by atoms with E-state index in [1.807, 2.05) is 6.07 Å². The van der Waals surface area contributed by atoms with Crippen LogP contribution in [0.5, 0.6) is 0 Å². The molecule has 0 amide bonds. The van der Waals surface area contributed by atoms with Crippen LogP contribution >= 0.6 is 7.92 Å². The van der Waals surface area contributed by atoms with Gasteiger partial charge < -0.3 is 4.42 Å². The van der Waals surface area contributed by atoms with Gasteiger partial charge in [-0.1, -0.05) is 109 Å². The van der Waals surface area contributed by atoms with Crippen LogP contribution in [0.1, 0.15) is 0 Å². The van der Waals surface area contributed by atoms with Crippen LogP contribution in [0.25, 0.3) is 55.5 Å². The molecule has 0 saturated carbocycles. The Morgan fingerprint density at radius 2 is 1.19 bits per heavy atom. The Kier molecular flexibility index (Phi) is 5.13. The minimum atomic E-state index is -0.825. The van der Waals surface area contributed by atoms with E-state index < -0.39 is 7.92 Å². The molecule has 198 valence electrons. The van der Waals surface area contributed by atoms with Gasteiger partial charge in [0, 0.05) is 10.7 Å². The molecule has 0 aliphatic heterocycles. The van der Waals surface area contributed by atoms with E-state index in [-0.39, 0.29) is 0 Å². The molecule has 0 bridgehead atoms. The van der Waals surface area contributed by atoms with Gasteiger partial charge in [-0.3, -0.25) is 8.97 Å². The Bertz CT molecular complexity index is 2380. The smallest absolute Gasteiger partial charge is 0.220 e. The van der Waals surface area contributed by atoms with Crippen molar-refractivity contribution >= 4 is 73.6 Å². The van der Waals surface area contributed by atoms with Crippen molar-refractivity contribution in [3.8, 4) is 5.69 Å². The van der Waals surface area contributed by atoms with Gasteiger partial charge in [-0.05, 0) is 54.9 Å². The van der Waals surface area contributed by atoms with Crippen LogP contribution in [-0.4, -0.2) is 14.0 Å². The largest absolute Gasteiger partial charge is 0.455 e. The number of para-hydroxylation sites is 5. The van der Waals surface area contributed by atoms with E-state index in [2.05, 4.69) is 148 Å². The number of hydrogen-bond acceptors (Lipinski definition) is 2. The topological polar surface area (TPSA) is 35.4 Å². The van der Waals surface area contributed by atoms with E-state index >= 15 is 0 Å². The quantitative estimate of drug-likeness (QED) is 0.205. The minimum Gasteiger partial charge on any atom is -0.455 e. The summed E-state index contributed by atoms with van der Waals surface area (Å²) in [5.41, 5.74) is 7.20. The molecular weight excluding hydrogens is 533 g/mol. The van der Waals surface area contributed by atoms with Crippen LogP contribution in [0.2, 0.25) is 0 Å². The monoisotopic (exact) mass is 557 g/mol. The van der Waals surface area contributed by atoms with E-state index in [1.165, 1.54) is 15.9 Å². The standard InChI is InChI=1S/C37H24N3OP/c1-3-13-25(14-4-1)42(26-15-5-2-6-16-26)34-24-11-17-27-35-32(22-12-23-33(35)41-36(27)34)40-31-21-10-9-20-30(31)39-29-19-8-7-18-28(29)38-37(39)40/h1-24H. The van der Waals surface area contributed by atoms with E-state index in [9.17, 15) is 0 Å². The number of rotatable bonds is 4. The maximum Gasteiger partial charge on any atom is 0.220 e. The fraction of sp³-hybridized carbons (Fsp3) is 0. The number of nitrogens with zero attached hydrogens (tertiary/aromatic N) is 3. The van der Waals surface area contributed by atoms with E-state index in [0.29, 0.717) is 0 Å². The average molecular weight is 558 g/mol. The first-order valence-electron chi connectivity index (χ1n) is 14.1. The summed E-state index contributed by atoms with van der Waals surface area (Å²) < 4.78 is 11.4. The molecule has 0 unspecified atom stereocenters. The van der Waals surface area contributed by atoms with Crippen LogP contribution in [0, 0.1) is 0 Å². The maximum atomic E-state index is 6.80. The lowest BCUT2D eigenvalue weighted by atomic mass is 10.1. The Balaban J connectivity index is 1.37. The maximum absolute atomic E-state index is 6.80. The molecule has 0 saturated heterocycles. The van der Waals surface area contributed by atoms with E-state index in [0.717, 1.165) is 55.5 Å². The first-order chi connectivity index (χ1) is 20.9. The highest BCUT2D eigenvalue weighted by Crippen LogP contribution is 2.41. The van der Waals surface area contributed by atoms with Crippen molar-refractivity contribution in [2.45, 2.75) is 0 Å². The molecule has 0 spiro atoms. The molecule has 0 radical (unpaired) electrons. The Morgan fingerprint density at radius 3 is 1.95 bits per heavy atom. The fourth-order valence-electron chi connectivity index (χ4n) is 6.35. The molecule has 6 aromatic carbocycles. The summed E-state index contributed by atoms with van der Waals surface area (Å²) in [7, 11) is -0.825. The SMILES string of the molecule is c1ccc(P(c2ccccc2)c2cccc3c2oc2cccc(-n4c5ccccc5n5c6ccccc6nc45)c23)cc1. The average Bonchev–Trinajstić information content (AvgIpc) is 3.71. The summed E-state index contributed by atoms with van der Waals surface area (Å²) in [5, 5.41) is 6.03. The Hall–Kier alpha value is -5.18. The van der Waals surface area contributed by atoms with Crippen molar-refractivity contribution in [2.75, 3.05) is 0 Å². The zero-order chi connectivity index (χ0) is 27.6. The number of fused-ring (bicyclic) bond motifs is 8. The van der Waals surface area contributed by atoms with Gasteiger partial charge in [-0.15, -0.1) is 0 Å². The van der Waals surface area contributed by atoms with Crippen molar-refractivity contribution in [1.82, 2.24) is 14.0 Å². The van der Waals surface area contributed by atoms with E-state index in [1.54, 1.807) is 0 Å². The molecule has 4 nitrogen and oxygen atoms in total. The van der Waals surface area contributed by atoms with E-state index in [4.69, 9.17) is 9.40 Å². The molecule has 0 aliphatic carbocycles. The fourth-order valence-corrected chi connectivity index (χ4v) is 8.75. The van der Waals surface area contributed by atoms with Crippen LogP contribution in [-0.2, 0) is 0 Å². The first kappa shape index (κ1) is 23.5. The number of furan rings is 1. The zero-order valence-corrected chi connectivity index (χ0v) is 23.4. The molecule has 0 atom stereocenters. The van der Waals surface area contributed by atoms with Crippen molar-refractivity contribution < 1.29 is 4.42 Å². The second-order valence-electron chi connectivity index (χ2n) is 10.5. The van der Waals surface area contributed by atoms with Gasteiger partial charge >= 0.3 is 0 Å². The van der Waals surface area contributed by atoms with Gasteiger partial charge in [0.25, 0.3) is 0 Å². The summed E-state index contributed by atoms with van der Waals surface area (Å²) in [4.78, 5) is 5.12. The summed E-state index contributed by atoms with van der Waals surface area (Å²) in [5.74, 6) is 0.895. The summed E-state index contributed by atoms with van der Waals surface area (Å²) in [6, 6.07) is 51.5. The normalized spacial score (nSPS) is 12.0. The van der Waals surface area contributed by atoms with Gasteiger partial charge in [0.1, 0.15) is 11.2 Å². The Morgan fingerprint density at radius 1 is 0.548 bits per heavy atom. The van der Waals surface area contributed by atoms with Crippen molar-refractivity contribution in [2.24, 2.45) is 0 Å². The predicted octanol–water partition coefficient (Wildman–Crippen LogP) is 8.09. The molecule has 3 heterocycles. The van der Waals surface area contributed by atoms with Gasteiger partial charge in [0.05, 0.1) is 33.1 Å². The van der Waals surface area contributed by atoms with Gasteiger partial charge in [0.2, 0.25) is 5.78 Å². The third-order valence-corrected chi connectivity index (χ3v) is 10.6. The molecule has 0 aliphatic rings. The van der Waals surface area contributed by atoms with Crippen molar-refractivity contribution in [3.05, 3.63) is 146 Å². The highest BCUT2D eigenvalue weighted by molar-refractivity contribution is 7.80. The Labute approximate surface area is 242 Å². The highest BCUT2D eigenvalue weighted by atomic mass is 31.1. The third kappa shape index (κ3) is 3.36. The summed E-state index contributed by atoms with van der Waals surface area (Å²) in [6.07, 6.45) is 0. The molecule has 42 heavy (non-hydrogen) atoms. The molecule has 9 rings (SSSR count). The number of aromatic nitrogens is 3. The lowest BCUT2D eigenvalue weighted by Gasteiger charge is -2.19. The number of hydrogen-bond donors (Lipinski definition) is 0. The summed E-state index contributed by atoms with van der Waals surface area (Å²) in [6.45, 7) is 0. The number of benzene rings is 6. The third-order valence-electron chi connectivity index (χ3n) is 8.10. The van der Waals surface area contributed by atoms with Crippen LogP contribution in [0.3, 0.4) is 0 Å². The van der Waals surface area contributed by atoms with Gasteiger partial charge in [-0.25, -0.2) is 4.98 Å². The van der Waals surface area contributed by atoms with Crippen LogP contribution in [0.4, 0.5) is 0 Å². The molecule has 5 heteroatoms. The summed E-state index contributed by atoms with van der Waals surface area (Å²) >= 11 is 0. The van der Waals surface area contributed by atoms with Crippen molar-refractivity contribution in [3.63, 3.8) is 0 Å². The zero-order valence-electron chi connectivity index (χ0n) is 22.6. The van der Waals surface area contributed by atoms with Gasteiger partial charge in [0.15, 0.2) is 0 Å². The molecule has 0 N–H and O–H groups in total. The number of imidazole rings is 2. The lowest BCUT2D eigenvalue weighted by Crippen LogP contribution is -2.20. The van der Waals surface area contributed by atoms with Crippen LogP contribution < -0.4 is 15.9 Å². The predicted molar refractivity (Wildman–Crippen MR) is 176 cm³/mol. The molecule has 3 aromatic heterocycles. The lowest BCUT2D eigenvalue weighted by molar-refractivity contribution is 0.671. The molecule has 9 aromatic rings. The van der Waals surface area contributed by atoms with Crippen LogP contribution in [0.15, 0.2) is 150 Å². The second-order valence-corrected chi connectivity index (χ2v) is 12.7. The highest BCUT2D eigenvalue weighted by Gasteiger charge is 2.24. The first-order valence-corrected chi connectivity index (χ1v) is 15.4. The second kappa shape index (κ2) is 9.17. The van der Waals surface area contributed by atoms with Crippen molar-refractivity contribution in [1.29, 1.82) is 0 Å². The molecular formula is C37H24N3OP. The van der Waals surface area contributed by atoms with Gasteiger partial charge in [-0.2, -0.15) is 0 Å². The minimum absolute atomic E-state index is 0.825. The molecule has 0 fully saturated rings.